The zero-order valence-corrected chi connectivity index (χ0v) is 11.9. The third kappa shape index (κ3) is 2.62. The van der Waals surface area contributed by atoms with Gasteiger partial charge in [0, 0.05) is 13.6 Å². The molecule has 1 aromatic rings. The van der Waals surface area contributed by atoms with E-state index in [1.165, 1.54) is 18.1 Å². The number of ketones is 1. The van der Waals surface area contributed by atoms with Crippen LogP contribution in [0.5, 0.6) is 0 Å². The minimum absolute atomic E-state index is 0.0167. The first-order valence-electron chi connectivity index (χ1n) is 6.48. The summed E-state index contributed by atoms with van der Waals surface area (Å²) >= 11 is 0. The number of aryl methyl sites for hydroxylation is 2. The van der Waals surface area contributed by atoms with Crippen LogP contribution in [-0.2, 0) is 4.79 Å². The minimum Gasteiger partial charge on any atom is -0.319 e. The van der Waals surface area contributed by atoms with Crippen LogP contribution in [0.1, 0.15) is 29.7 Å². The van der Waals surface area contributed by atoms with Crippen LogP contribution >= 0.6 is 0 Å². The van der Waals surface area contributed by atoms with Crippen LogP contribution in [0.15, 0.2) is 18.2 Å². The second-order valence-electron chi connectivity index (χ2n) is 5.35. The van der Waals surface area contributed by atoms with Crippen LogP contribution < -0.4 is 0 Å². The average Bonchev–Trinajstić information content (AvgIpc) is 2.57. The number of benzene rings is 1. The molecule has 1 aliphatic heterocycles. The van der Waals surface area contributed by atoms with Crippen molar-refractivity contribution in [2.24, 2.45) is 0 Å². The van der Waals surface area contributed by atoms with Gasteiger partial charge in [0.2, 0.25) is 0 Å². The summed E-state index contributed by atoms with van der Waals surface area (Å²) in [6, 6.07) is 6.24. The Kier molecular flexibility index (Phi) is 3.60. The summed E-state index contributed by atoms with van der Waals surface area (Å²) in [6.07, 6.45) is 0. The predicted molar refractivity (Wildman–Crippen MR) is 74.1 cm³/mol. The largest absolute Gasteiger partial charge is 0.320 e. The van der Waals surface area contributed by atoms with Gasteiger partial charge in [0.1, 0.15) is 5.78 Å². The highest BCUT2D eigenvalue weighted by molar-refractivity contribution is 5.85. The lowest BCUT2D eigenvalue weighted by Gasteiger charge is -2.20. The lowest BCUT2D eigenvalue weighted by molar-refractivity contribution is -0.117. The summed E-state index contributed by atoms with van der Waals surface area (Å²) < 4.78 is 0. The van der Waals surface area contributed by atoms with Gasteiger partial charge in [0.25, 0.3) is 0 Å². The normalized spacial score (nSPS) is 19.2. The molecule has 1 saturated heterocycles. The third-order valence-corrected chi connectivity index (χ3v) is 3.63. The summed E-state index contributed by atoms with van der Waals surface area (Å²) in [6.45, 7) is 6.41. The Balaban J connectivity index is 2.26. The number of carbonyl (C=O) groups excluding carboxylic acids is 2. The second kappa shape index (κ2) is 5.03. The van der Waals surface area contributed by atoms with Gasteiger partial charge in [0.15, 0.2) is 0 Å². The summed E-state index contributed by atoms with van der Waals surface area (Å²) in [5.74, 6) is 0.0167. The first-order chi connectivity index (χ1) is 8.90. The Morgan fingerprint density at radius 1 is 1.37 bits per heavy atom. The van der Waals surface area contributed by atoms with E-state index in [9.17, 15) is 9.59 Å². The van der Waals surface area contributed by atoms with Crippen LogP contribution in [0.2, 0.25) is 0 Å². The molecule has 2 rings (SSSR count). The molecule has 1 fully saturated rings. The van der Waals surface area contributed by atoms with Gasteiger partial charge in [0.05, 0.1) is 12.6 Å². The standard InChI is InChI=1S/C15H20N2O2/c1-10-5-6-13(11(2)7-10)14-9-17(8-12(3)18)15(19)16(14)4/h5-7,14H,8-9H2,1-4H3. The molecule has 0 aromatic heterocycles. The smallest absolute Gasteiger partial charge is 0.319 e. The molecular weight excluding hydrogens is 240 g/mol. The molecule has 1 atom stereocenters. The molecule has 0 bridgehead atoms. The van der Waals surface area contributed by atoms with Gasteiger partial charge in [-0.25, -0.2) is 4.79 Å². The van der Waals surface area contributed by atoms with E-state index in [0.717, 1.165) is 5.56 Å². The van der Waals surface area contributed by atoms with Crippen molar-refractivity contribution < 1.29 is 9.59 Å². The second-order valence-corrected chi connectivity index (χ2v) is 5.35. The lowest BCUT2D eigenvalue weighted by atomic mass is 9.99. The van der Waals surface area contributed by atoms with Crippen molar-refractivity contribution in [3.05, 3.63) is 34.9 Å². The summed E-state index contributed by atoms with van der Waals surface area (Å²) in [5.41, 5.74) is 3.57. The fourth-order valence-corrected chi connectivity index (χ4v) is 2.67. The highest BCUT2D eigenvalue weighted by Gasteiger charge is 2.36. The van der Waals surface area contributed by atoms with Gasteiger partial charge in [-0.2, -0.15) is 0 Å². The number of hydrogen-bond donors (Lipinski definition) is 0. The summed E-state index contributed by atoms with van der Waals surface area (Å²) in [7, 11) is 1.80. The maximum absolute atomic E-state index is 12.1. The zero-order valence-electron chi connectivity index (χ0n) is 11.9. The van der Waals surface area contributed by atoms with Crippen LogP contribution in [0.4, 0.5) is 4.79 Å². The highest BCUT2D eigenvalue weighted by atomic mass is 16.2. The average molecular weight is 260 g/mol. The van der Waals surface area contributed by atoms with Gasteiger partial charge in [-0.15, -0.1) is 0 Å². The molecule has 102 valence electrons. The number of rotatable bonds is 3. The SMILES string of the molecule is CC(=O)CN1CC(c2ccc(C)cc2C)N(C)C1=O. The fraction of sp³-hybridized carbons (Fsp3) is 0.467. The van der Waals surface area contributed by atoms with Gasteiger partial charge >= 0.3 is 6.03 Å². The van der Waals surface area contributed by atoms with E-state index in [-0.39, 0.29) is 24.4 Å². The summed E-state index contributed by atoms with van der Waals surface area (Å²) in [5, 5.41) is 0. The van der Waals surface area contributed by atoms with Crippen molar-refractivity contribution in [3.8, 4) is 0 Å². The van der Waals surface area contributed by atoms with E-state index in [4.69, 9.17) is 0 Å². The Labute approximate surface area is 114 Å². The Morgan fingerprint density at radius 2 is 2.05 bits per heavy atom. The first-order valence-corrected chi connectivity index (χ1v) is 6.48. The number of urea groups is 1. The van der Waals surface area contributed by atoms with Gasteiger partial charge < -0.3 is 9.80 Å². The van der Waals surface area contributed by atoms with E-state index < -0.39 is 0 Å². The quantitative estimate of drug-likeness (QED) is 0.836. The molecule has 19 heavy (non-hydrogen) atoms. The van der Waals surface area contributed by atoms with E-state index in [2.05, 4.69) is 32.0 Å². The molecule has 0 saturated carbocycles. The number of amides is 2. The number of Topliss-reactive ketones (excluding diaryl/α,β-unsaturated/α-hetero) is 1. The Bertz CT molecular complexity index is 525. The van der Waals surface area contributed by atoms with Crippen molar-refractivity contribution >= 4 is 11.8 Å². The van der Waals surface area contributed by atoms with E-state index in [1.54, 1.807) is 16.8 Å². The van der Waals surface area contributed by atoms with Crippen molar-refractivity contribution in [1.82, 2.24) is 9.80 Å². The van der Waals surface area contributed by atoms with Crippen LogP contribution in [0.25, 0.3) is 0 Å². The number of carbonyl (C=O) groups is 2. The van der Waals surface area contributed by atoms with E-state index in [1.807, 2.05) is 0 Å². The van der Waals surface area contributed by atoms with Crippen LogP contribution in [0.3, 0.4) is 0 Å². The molecule has 4 nitrogen and oxygen atoms in total. The molecule has 0 radical (unpaired) electrons. The van der Waals surface area contributed by atoms with Crippen molar-refractivity contribution in [2.75, 3.05) is 20.1 Å². The molecule has 1 aromatic carbocycles. The first kappa shape index (κ1) is 13.6. The molecule has 0 aliphatic carbocycles. The molecule has 1 aliphatic rings. The molecule has 1 unspecified atom stereocenters. The van der Waals surface area contributed by atoms with Gasteiger partial charge in [-0.05, 0) is 31.9 Å². The molecule has 4 heteroatoms. The maximum Gasteiger partial charge on any atom is 0.320 e. The summed E-state index contributed by atoms with van der Waals surface area (Å²) in [4.78, 5) is 26.6. The molecular formula is C15H20N2O2. The fourth-order valence-electron chi connectivity index (χ4n) is 2.67. The van der Waals surface area contributed by atoms with Gasteiger partial charge in [-0.1, -0.05) is 23.8 Å². The molecule has 2 amide bonds. The van der Waals surface area contributed by atoms with Gasteiger partial charge in [-0.3, -0.25) is 4.79 Å². The Hall–Kier alpha value is -1.84. The Morgan fingerprint density at radius 3 is 2.63 bits per heavy atom. The number of likely N-dealkylation sites (N-methyl/N-ethyl adjacent to an activating group) is 1. The topological polar surface area (TPSA) is 40.6 Å². The monoisotopic (exact) mass is 260 g/mol. The maximum atomic E-state index is 12.1. The zero-order chi connectivity index (χ0) is 14.2. The lowest BCUT2D eigenvalue weighted by Crippen LogP contribution is -2.33. The van der Waals surface area contributed by atoms with Crippen LogP contribution in [0, 0.1) is 13.8 Å². The third-order valence-electron chi connectivity index (χ3n) is 3.63. The molecule has 0 spiro atoms. The van der Waals surface area contributed by atoms with Crippen LogP contribution in [-0.4, -0.2) is 41.8 Å². The highest BCUT2D eigenvalue weighted by Crippen LogP contribution is 2.30. The minimum atomic E-state index is -0.0693. The van der Waals surface area contributed by atoms with E-state index >= 15 is 0 Å². The number of hydrogen-bond acceptors (Lipinski definition) is 2. The number of nitrogens with zero attached hydrogens (tertiary/aromatic N) is 2. The molecule has 1 heterocycles. The van der Waals surface area contributed by atoms with Crippen molar-refractivity contribution in [3.63, 3.8) is 0 Å². The van der Waals surface area contributed by atoms with Crippen molar-refractivity contribution in [1.29, 1.82) is 0 Å². The van der Waals surface area contributed by atoms with Crippen molar-refractivity contribution in [2.45, 2.75) is 26.8 Å². The predicted octanol–water partition coefficient (Wildman–Crippen LogP) is 2.30. The van der Waals surface area contributed by atoms with E-state index in [0.29, 0.717) is 6.54 Å². The molecule has 0 N–H and O–H groups in total.